The van der Waals surface area contributed by atoms with Crippen molar-refractivity contribution in [3.63, 3.8) is 0 Å². The lowest BCUT2D eigenvalue weighted by atomic mass is 10.0. The standard InChI is InChI=1S/C15H23NO/c1-11(2)7-6-8-15(14-9-10-14)12(3)16(5)13(4)17/h6-7,14H,1,8-10H2,2-5H3/b7-6+,15-12-. The van der Waals surface area contributed by atoms with Crippen LogP contribution in [0.2, 0.25) is 0 Å². The average Bonchev–Trinajstić information content (AvgIpc) is 3.05. The molecule has 1 aliphatic carbocycles. The van der Waals surface area contributed by atoms with Gasteiger partial charge in [-0.05, 0) is 44.6 Å². The normalized spacial score (nSPS) is 16.9. The summed E-state index contributed by atoms with van der Waals surface area (Å²) in [6, 6.07) is 0. The van der Waals surface area contributed by atoms with Gasteiger partial charge in [0, 0.05) is 19.7 Å². The van der Waals surface area contributed by atoms with Crippen LogP contribution < -0.4 is 0 Å². The van der Waals surface area contributed by atoms with Gasteiger partial charge in [-0.3, -0.25) is 4.79 Å². The molecule has 1 amide bonds. The monoisotopic (exact) mass is 233 g/mol. The van der Waals surface area contributed by atoms with E-state index in [0.717, 1.165) is 17.7 Å². The number of hydrogen-bond acceptors (Lipinski definition) is 1. The molecular formula is C15H23NO. The molecule has 0 aromatic heterocycles. The van der Waals surface area contributed by atoms with E-state index in [4.69, 9.17) is 0 Å². The summed E-state index contributed by atoms with van der Waals surface area (Å²) in [6.07, 6.45) is 7.65. The first-order valence-corrected chi connectivity index (χ1v) is 6.19. The molecule has 0 unspecified atom stereocenters. The van der Waals surface area contributed by atoms with Gasteiger partial charge in [-0.2, -0.15) is 0 Å². The Morgan fingerprint density at radius 1 is 1.35 bits per heavy atom. The first-order valence-electron chi connectivity index (χ1n) is 6.19. The average molecular weight is 233 g/mol. The Bertz CT molecular complexity index is 372. The van der Waals surface area contributed by atoms with Gasteiger partial charge in [-0.1, -0.05) is 24.3 Å². The van der Waals surface area contributed by atoms with E-state index in [2.05, 4.69) is 12.7 Å². The SMILES string of the molecule is C=C(C)/C=C/C/C(=C(\C)N(C)C(C)=O)C1CC1. The van der Waals surface area contributed by atoms with Crippen LogP contribution in [0.5, 0.6) is 0 Å². The van der Waals surface area contributed by atoms with E-state index in [-0.39, 0.29) is 5.91 Å². The Balaban J connectivity index is 2.80. The summed E-state index contributed by atoms with van der Waals surface area (Å²) in [5, 5.41) is 0. The van der Waals surface area contributed by atoms with Crippen molar-refractivity contribution in [2.45, 2.75) is 40.0 Å². The predicted molar refractivity (Wildman–Crippen MR) is 72.4 cm³/mol. The maximum atomic E-state index is 11.4. The Hall–Kier alpha value is -1.31. The Morgan fingerprint density at radius 3 is 2.35 bits per heavy atom. The molecular weight excluding hydrogens is 210 g/mol. The molecule has 94 valence electrons. The molecule has 0 N–H and O–H groups in total. The number of rotatable bonds is 5. The summed E-state index contributed by atoms with van der Waals surface area (Å²) in [5.74, 6) is 0.788. The second-order valence-corrected chi connectivity index (χ2v) is 4.92. The molecule has 0 atom stereocenters. The molecule has 1 rings (SSSR count). The zero-order valence-electron chi connectivity index (χ0n) is 11.4. The van der Waals surface area contributed by atoms with Gasteiger partial charge >= 0.3 is 0 Å². The van der Waals surface area contributed by atoms with Crippen LogP contribution in [0, 0.1) is 5.92 Å². The third-order valence-electron chi connectivity index (χ3n) is 3.25. The highest BCUT2D eigenvalue weighted by Gasteiger charge is 2.27. The highest BCUT2D eigenvalue weighted by molar-refractivity contribution is 5.75. The molecule has 1 fully saturated rings. The zero-order valence-corrected chi connectivity index (χ0v) is 11.4. The van der Waals surface area contributed by atoms with Crippen LogP contribution in [0.25, 0.3) is 0 Å². The van der Waals surface area contributed by atoms with Crippen molar-refractivity contribution >= 4 is 5.91 Å². The smallest absolute Gasteiger partial charge is 0.223 e. The van der Waals surface area contributed by atoms with Crippen molar-refractivity contribution in [1.29, 1.82) is 0 Å². The van der Waals surface area contributed by atoms with Crippen LogP contribution >= 0.6 is 0 Å². The number of amides is 1. The maximum Gasteiger partial charge on any atom is 0.223 e. The fourth-order valence-corrected chi connectivity index (χ4v) is 1.88. The molecule has 17 heavy (non-hydrogen) atoms. The van der Waals surface area contributed by atoms with Gasteiger partial charge in [-0.15, -0.1) is 0 Å². The van der Waals surface area contributed by atoms with Crippen LogP contribution in [-0.4, -0.2) is 17.9 Å². The van der Waals surface area contributed by atoms with Crippen molar-refractivity contribution < 1.29 is 4.79 Å². The van der Waals surface area contributed by atoms with Crippen LogP contribution in [0.1, 0.15) is 40.0 Å². The van der Waals surface area contributed by atoms with Crippen molar-refractivity contribution in [2.24, 2.45) is 5.92 Å². The first kappa shape index (κ1) is 13.8. The molecule has 0 aliphatic heterocycles. The number of hydrogen-bond donors (Lipinski definition) is 0. The van der Waals surface area contributed by atoms with Crippen molar-refractivity contribution in [3.8, 4) is 0 Å². The highest BCUT2D eigenvalue weighted by Crippen LogP contribution is 2.40. The van der Waals surface area contributed by atoms with Crippen LogP contribution in [0.4, 0.5) is 0 Å². The Kier molecular flexibility index (Phi) is 4.73. The van der Waals surface area contributed by atoms with Crippen molar-refractivity contribution in [2.75, 3.05) is 7.05 Å². The molecule has 0 radical (unpaired) electrons. The number of nitrogens with zero attached hydrogens (tertiary/aromatic N) is 1. The topological polar surface area (TPSA) is 20.3 Å². The van der Waals surface area contributed by atoms with E-state index in [1.807, 2.05) is 27.0 Å². The minimum Gasteiger partial charge on any atom is -0.320 e. The van der Waals surface area contributed by atoms with E-state index < -0.39 is 0 Å². The number of carbonyl (C=O) groups is 1. The van der Waals surface area contributed by atoms with Gasteiger partial charge in [0.1, 0.15) is 0 Å². The minimum absolute atomic E-state index is 0.101. The van der Waals surface area contributed by atoms with Crippen LogP contribution in [0.15, 0.2) is 35.6 Å². The Morgan fingerprint density at radius 2 is 1.94 bits per heavy atom. The van der Waals surface area contributed by atoms with E-state index >= 15 is 0 Å². The van der Waals surface area contributed by atoms with Gasteiger partial charge in [0.25, 0.3) is 0 Å². The van der Waals surface area contributed by atoms with Gasteiger partial charge in [0.15, 0.2) is 0 Å². The quantitative estimate of drug-likeness (QED) is 0.663. The molecule has 0 saturated heterocycles. The molecule has 0 aromatic rings. The molecule has 0 spiro atoms. The van der Waals surface area contributed by atoms with Gasteiger partial charge in [-0.25, -0.2) is 0 Å². The lowest BCUT2D eigenvalue weighted by molar-refractivity contribution is -0.125. The highest BCUT2D eigenvalue weighted by atomic mass is 16.2. The third kappa shape index (κ3) is 4.22. The second kappa shape index (κ2) is 5.85. The van der Waals surface area contributed by atoms with Gasteiger partial charge in [0.2, 0.25) is 5.91 Å². The lowest BCUT2D eigenvalue weighted by Gasteiger charge is -2.20. The number of allylic oxidation sites excluding steroid dienone is 5. The van der Waals surface area contributed by atoms with Gasteiger partial charge in [0.05, 0.1) is 0 Å². The van der Waals surface area contributed by atoms with Crippen LogP contribution in [0.3, 0.4) is 0 Å². The zero-order chi connectivity index (χ0) is 13.0. The summed E-state index contributed by atoms with van der Waals surface area (Å²) < 4.78 is 0. The molecule has 0 heterocycles. The van der Waals surface area contributed by atoms with Crippen LogP contribution in [-0.2, 0) is 4.79 Å². The Labute approximate surface area is 105 Å². The summed E-state index contributed by atoms with van der Waals surface area (Å²) in [4.78, 5) is 13.1. The van der Waals surface area contributed by atoms with Crippen molar-refractivity contribution in [1.82, 2.24) is 4.90 Å². The molecule has 1 saturated carbocycles. The summed E-state index contributed by atoms with van der Waals surface area (Å²) in [6.45, 7) is 9.50. The molecule has 2 nitrogen and oxygen atoms in total. The molecule has 1 aliphatic rings. The maximum absolute atomic E-state index is 11.4. The lowest BCUT2D eigenvalue weighted by Crippen LogP contribution is -2.23. The fourth-order valence-electron chi connectivity index (χ4n) is 1.88. The largest absolute Gasteiger partial charge is 0.320 e. The van der Waals surface area contributed by atoms with Gasteiger partial charge < -0.3 is 4.90 Å². The first-order chi connectivity index (χ1) is 7.93. The molecule has 2 heteroatoms. The summed E-state index contributed by atoms with van der Waals surface area (Å²) in [7, 11) is 1.85. The predicted octanol–water partition coefficient (Wildman–Crippen LogP) is 3.67. The molecule has 0 bridgehead atoms. The second-order valence-electron chi connectivity index (χ2n) is 4.92. The summed E-state index contributed by atoms with van der Waals surface area (Å²) >= 11 is 0. The van der Waals surface area contributed by atoms with E-state index in [9.17, 15) is 4.79 Å². The minimum atomic E-state index is 0.101. The third-order valence-corrected chi connectivity index (χ3v) is 3.25. The number of carbonyl (C=O) groups excluding carboxylic acids is 1. The van der Waals surface area contributed by atoms with E-state index in [1.54, 1.807) is 11.8 Å². The van der Waals surface area contributed by atoms with E-state index in [1.165, 1.54) is 18.4 Å². The molecule has 0 aromatic carbocycles. The van der Waals surface area contributed by atoms with Crippen molar-refractivity contribution in [3.05, 3.63) is 35.6 Å². The summed E-state index contributed by atoms with van der Waals surface area (Å²) in [5.41, 5.74) is 3.59. The van der Waals surface area contributed by atoms with E-state index in [0.29, 0.717) is 5.92 Å². The fraction of sp³-hybridized carbons (Fsp3) is 0.533.